The second-order valence-electron chi connectivity index (χ2n) is 4.91. The van der Waals surface area contributed by atoms with Gasteiger partial charge in [-0.3, -0.25) is 15.0 Å². The molecule has 19 heavy (non-hydrogen) atoms. The summed E-state index contributed by atoms with van der Waals surface area (Å²) in [6.07, 6.45) is 2.05. The fourth-order valence-corrected chi connectivity index (χ4v) is 2.44. The molecule has 2 unspecified atom stereocenters. The summed E-state index contributed by atoms with van der Waals surface area (Å²) in [5, 5.41) is 8.28. The van der Waals surface area contributed by atoms with Crippen LogP contribution in [0.5, 0.6) is 0 Å². The summed E-state index contributed by atoms with van der Waals surface area (Å²) < 4.78 is 0. The predicted molar refractivity (Wildman–Crippen MR) is 74.9 cm³/mol. The lowest BCUT2D eigenvalue weighted by Gasteiger charge is -2.32. The molecular formula is C13H26N4O2. The number of hydrogen-bond donors (Lipinski definition) is 3. The zero-order chi connectivity index (χ0) is 14.3. The van der Waals surface area contributed by atoms with Gasteiger partial charge in [-0.1, -0.05) is 6.92 Å². The van der Waals surface area contributed by atoms with Gasteiger partial charge in [-0.05, 0) is 39.8 Å². The summed E-state index contributed by atoms with van der Waals surface area (Å²) in [6, 6.07) is -0.317. The molecule has 6 nitrogen and oxygen atoms in total. The van der Waals surface area contributed by atoms with E-state index in [0.717, 1.165) is 32.5 Å². The van der Waals surface area contributed by atoms with Crippen LogP contribution in [0.15, 0.2) is 0 Å². The molecule has 0 aromatic rings. The van der Waals surface area contributed by atoms with Crippen LogP contribution in [0, 0.1) is 0 Å². The third-order valence-electron chi connectivity index (χ3n) is 3.44. The van der Waals surface area contributed by atoms with Gasteiger partial charge in [0.25, 0.3) is 0 Å². The van der Waals surface area contributed by atoms with Gasteiger partial charge in [-0.2, -0.15) is 0 Å². The zero-order valence-electron chi connectivity index (χ0n) is 12.2. The monoisotopic (exact) mass is 270 g/mol. The predicted octanol–water partition coefficient (Wildman–Crippen LogP) is 0.295. The van der Waals surface area contributed by atoms with Crippen LogP contribution in [0.2, 0.25) is 0 Å². The molecular weight excluding hydrogens is 244 g/mol. The summed E-state index contributed by atoms with van der Waals surface area (Å²) in [4.78, 5) is 25.6. The Morgan fingerprint density at radius 3 is 2.68 bits per heavy atom. The first-order chi connectivity index (χ1) is 9.10. The van der Waals surface area contributed by atoms with E-state index in [-0.39, 0.29) is 11.9 Å². The Kier molecular flexibility index (Phi) is 6.80. The molecule has 1 heterocycles. The number of carbonyl (C=O) groups excluding carboxylic acids is 2. The minimum atomic E-state index is -0.416. The molecule has 110 valence electrons. The van der Waals surface area contributed by atoms with Crippen LogP contribution < -0.4 is 16.0 Å². The van der Waals surface area contributed by atoms with E-state index in [9.17, 15) is 9.59 Å². The maximum absolute atomic E-state index is 12.1. The Morgan fingerprint density at radius 1 is 1.42 bits per heavy atom. The average Bonchev–Trinajstić information content (AvgIpc) is 2.88. The maximum Gasteiger partial charge on any atom is 0.321 e. The van der Waals surface area contributed by atoms with Crippen molar-refractivity contribution in [2.75, 3.05) is 26.2 Å². The molecule has 1 aliphatic rings. The van der Waals surface area contributed by atoms with Gasteiger partial charge >= 0.3 is 6.03 Å². The zero-order valence-corrected chi connectivity index (χ0v) is 12.2. The van der Waals surface area contributed by atoms with Crippen LogP contribution in [0.25, 0.3) is 0 Å². The molecule has 0 saturated carbocycles. The molecule has 3 N–H and O–H groups in total. The second-order valence-corrected chi connectivity index (χ2v) is 4.91. The van der Waals surface area contributed by atoms with Crippen LogP contribution in [0.3, 0.4) is 0 Å². The van der Waals surface area contributed by atoms with Crippen molar-refractivity contribution in [3.63, 3.8) is 0 Å². The van der Waals surface area contributed by atoms with E-state index in [0.29, 0.717) is 12.6 Å². The summed E-state index contributed by atoms with van der Waals surface area (Å²) in [6.45, 7) is 9.08. The number of urea groups is 1. The lowest BCUT2D eigenvalue weighted by Crippen LogP contribution is -2.53. The Labute approximate surface area is 115 Å². The number of hydrogen-bond acceptors (Lipinski definition) is 4. The SMILES string of the molecule is CCCN(C1CCNC1)C(C)C(=O)NC(=O)NCC. The number of imide groups is 1. The van der Waals surface area contributed by atoms with Crippen molar-refractivity contribution in [2.45, 2.75) is 45.7 Å². The average molecular weight is 270 g/mol. The first-order valence-electron chi connectivity index (χ1n) is 7.15. The van der Waals surface area contributed by atoms with E-state index in [1.165, 1.54) is 0 Å². The molecule has 0 bridgehead atoms. The van der Waals surface area contributed by atoms with Gasteiger partial charge in [-0.25, -0.2) is 4.79 Å². The molecule has 3 amide bonds. The molecule has 0 spiro atoms. The van der Waals surface area contributed by atoms with Gasteiger partial charge in [0.1, 0.15) is 0 Å². The fraction of sp³-hybridized carbons (Fsp3) is 0.846. The fourth-order valence-electron chi connectivity index (χ4n) is 2.44. The highest BCUT2D eigenvalue weighted by Gasteiger charge is 2.29. The van der Waals surface area contributed by atoms with Gasteiger partial charge < -0.3 is 10.6 Å². The van der Waals surface area contributed by atoms with Gasteiger partial charge in [0.2, 0.25) is 5.91 Å². The normalized spacial score (nSPS) is 20.3. The smallest absolute Gasteiger partial charge is 0.321 e. The second kappa shape index (κ2) is 8.12. The van der Waals surface area contributed by atoms with Crippen molar-refractivity contribution in [3.8, 4) is 0 Å². The maximum atomic E-state index is 12.1. The quantitative estimate of drug-likeness (QED) is 0.649. The van der Waals surface area contributed by atoms with Gasteiger partial charge in [0.05, 0.1) is 6.04 Å². The highest BCUT2D eigenvalue weighted by molar-refractivity contribution is 5.96. The van der Waals surface area contributed by atoms with E-state index in [1.54, 1.807) is 0 Å². The Hall–Kier alpha value is -1.14. The van der Waals surface area contributed by atoms with Crippen molar-refractivity contribution < 1.29 is 9.59 Å². The van der Waals surface area contributed by atoms with Crippen molar-refractivity contribution in [1.82, 2.24) is 20.9 Å². The molecule has 0 aromatic carbocycles. The molecule has 6 heteroatoms. The third-order valence-corrected chi connectivity index (χ3v) is 3.44. The summed E-state index contributed by atoms with van der Waals surface area (Å²) in [5.41, 5.74) is 0. The molecule has 0 aliphatic carbocycles. The largest absolute Gasteiger partial charge is 0.338 e. The lowest BCUT2D eigenvalue weighted by molar-refractivity contribution is -0.125. The molecule has 1 saturated heterocycles. The minimum absolute atomic E-state index is 0.230. The van der Waals surface area contributed by atoms with Crippen LogP contribution in [0.4, 0.5) is 4.79 Å². The lowest BCUT2D eigenvalue weighted by atomic mass is 10.1. The van der Waals surface area contributed by atoms with Gasteiger partial charge in [-0.15, -0.1) is 0 Å². The molecule has 0 radical (unpaired) electrons. The minimum Gasteiger partial charge on any atom is -0.338 e. The Balaban J connectivity index is 2.56. The molecule has 1 rings (SSSR count). The molecule has 0 aromatic heterocycles. The van der Waals surface area contributed by atoms with E-state index < -0.39 is 6.03 Å². The van der Waals surface area contributed by atoms with E-state index in [4.69, 9.17) is 0 Å². The summed E-state index contributed by atoms with van der Waals surface area (Å²) in [7, 11) is 0. The number of nitrogens with one attached hydrogen (secondary N) is 3. The van der Waals surface area contributed by atoms with Crippen molar-refractivity contribution in [3.05, 3.63) is 0 Å². The Morgan fingerprint density at radius 2 is 2.16 bits per heavy atom. The molecule has 1 fully saturated rings. The van der Waals surface area contributed by atoms with E-state index in [2.05, 4.69) is 27.8 Å². The van der Waals surface area contributed by atoms with Crippen LogP contribution in [-0.2, 0) is 4.79 Å². The topological polar surface area (TPSA) is 73.5 Å². The molecule has 1 aliphatic heterocycles. The Bertz CT molecular complexity index is 303. The molecule has 2 atom stereocenters. The van der Waals surface area contributed by atoms with Crippen molar-refractivity contribution in [1.29, 1.82) is 0 Å². The van der Waals surface area contributed by atoms with E-state index >= 15 is 0 Å². The standard InChI is InChI=1S/C13H26N4O2/c1-4-8-17(11-6-7-14-9-11)10(3)12(18)16-13(19)15-5-2/h10-11,14H,4-9H2,1-3H3,(H2,15,16,18,19). The van der Waals surface area contributed by atoms with Crippen molar-refractivity contribution in [2.24, 2.45) is 0 Å². The van der Waals surface area contributed by atoms with Crippen LogP contribution >= 0.6 is 0 Å². The highest BCUT2D eigenvalue weighted by atomic mass is 16.2. The van der Waals surface area contributed by atoms with Gasteiger partial charge in [0.15, 0.2) is 0 Å². The van der Waals surface area contributed by atoms with Crippen LogP contribution in [-0.4, -0.2) is 55.1 Å². The first-order valence-corrected chi connectivity index (χ1v) is 7.15. The number of rotatable bonds is 6. The first kappa shape index (κ1) is 15.9. The summed E-state index contributed by atoms with van der Waals surface area (Å²) in [5.74, 6) is -0.230. The van der Waals surface area contributed by atoms with Crippen LogP contribution in [0.1, 0.15) is 33.6 Å². The summed E-state index contributed by atoms with van der Waals surface area (Å²) >= 11 is 0. The highest BCUT2D eigenvalue weighted by Crippen LogP contribution is 2.13. The number of carbonyl (C=O) groups is 2. The van der Waals surface area contributed by atoms with Crippen molar-refractivity contribution >= 4 is 11.9 Å². The third kappa shape index (κ3) is 4.80. The van der Waals surface area contributed by atoms with Gasteiger partial charge in [0, 0.05) is 19.1 Å². The number of nitrogens with zero attached hydrogens (tertiary/aromatic N) is 1. The number of amides is 3. The van der Waals surface area contributed by atoms with E-state index in [1.807, 2.05) is 13.8 Å².